The summed E-state index contributed by atoms with van der Waals surface area (Å²) in [4.78, 5) is 0. The molecule has 0 saturated heterocycles. The van der Waals surface area contributed by atoms with E-state index in [4.69, 9.17) is 18.9 Å². The highest BCUT2D eigenvalue weighted by atomic mass is 16.5. The monoisotopic (exact) mass is 792 g/mol. The summed E-state index contributed by atoms with van der Waals surface area (Å²) in [7, 11) is 0. The topological polar surface area (TPSA) is 46.8 Å². The summed E-state index contributed by atoms with van der Waals surface area (Å²) in [5.41, 5.74) is 13.0. The largest absolute Gasteiger partial charge is 0.458 e. The molecule has 0 aliphatic carbocycles. The van der Waals surface area contributed by atoms with Gasteiger partial charge in [0.05, 0.1) is 33.4 Å². The molecule has 15 rings (SSSR count). The first-order valence-electron chi connectivity index (χ1n) is 21.1. The SMILES string of the molecule is c1ccc2c(c1)Oc1cc(-n3c4ccccc4c4cc5c6ccccc6n(-c6cc7c8c(c6)Oc6ccccc6B8c6ccccc6O7)c5cc43)cc3c1B2c1ccccc1O3. The molecule has 4 aliphatic rings. The van der Waals surface area contributed by atoms with Crippen LogP contribution >= 0.6 is 0 Å². The number of nitrogens with zero attached hydrogens (tertiary/aromatic N) is 2. The van der Waals surface area contributed by atoms with E-state index >= 15 is 0 Å². The first kappa shape index (κ1) is 32.7. The minimum Gasteiger partial charge on any atom is -0.458 e. The van der Waals surface area contributed by atoms with Gasteiger partial charge in [0.2, 0.25) is 0 Å². The van der Waals surface area contributed by atoms with Crippen LogP contribution < -0.4 is 51.7 Å². The van der Waals surface area contributed by atoms with Gasteiger partial charge < -0.3 is 28.1 Å². The maximum absolute atomic E-state index is 6.79. The maximum atomic E-state index is 6.79. The Hall–Kier alpha value is -8.09. The fourth-order valence-corrected chi connectivity index (χ4v) is 11.0. The predicted molar refractivity (Wildman–Crippen MR) is 250 cm³/mol. The molecule has 0 saturated carbocycles. The third-order valence-electron chi connectivity index (χ3n) is 13.5. The molecule has 2 aromatic heterocycles. The molecule has 0 N–H and O–H groups in total. The Kier molecular flexibility index (Phi) is 6.23. The van der Waals surface area contributed by atoms with Gasteiger partial charge in [-0.25, -0.2) is 0 Å². The molecule has 6 heterocycles. The van der Waals surface area contributed by atoms with Crippen LogP contribution in [0.2, 0.25) is 0 Å². The number of rotatable bonds is 2. The minimum atomic E-state index is 0.00415. The Morgan fingerprint density at radius 1 is 0.274 bits per heavy atom. The van der Waals surface area contributed by atoms with E-state index in [0.717, 1.165) is 112 Å². The Labute approximate surface area is 355 Å². The second kappa shape index (κ2) is 11.8. The van der Waals surface area contributed by atoms with Crippen LogP contribution in [0.25, 0.3) is 55.0 Å². The first-order chi connectivity index (χ1) is 30.7. The molecule has 0 spiro atoms. The van der Waals surface area contributed by atoms with Crippen LogP contribution in [0.4, 0.5) is 0 Å². The van der Waals surface area contributed by atoms with Crippen LogP contribution in [0.3, 0.4) is 0 Å². The highest BCUT2D eigenvalue weighted by molar-refractivity contribution is 6.99. The summed E-state index contributed by atoms with van der Waals surface area (Å²) in [5, 5.41) is 4.68. The number of aromatic nitrogens is 2. The summed E-state index contributed by atoms with van der Waals surface area (Å²) in [6, 6.07) is 64.4. The van der Waals surface area contributed by atoms with Crippen molar-refractivity contribution in [1.82, 2.24) is 9.13 Å². The Morgan fingerprint density at radius 3 is 0.968 bits per heavy atom. The number of fused-ring (bicyclic) bond motifs is 14. The van der Waals surface area contributed by atoms with Crippen molar-refractivity contribution in [3.05, 3.63) is 182 Å². The molecule has 9 aromatic carbocycles. The van der Waals surface area contributed by atoms with Gasteiger partial charge in [0.15, 0.2) is 0 Å². The van der Waals surface area contributed by atoms with Crippen molar-refractivity contribution in [2.24, 2.45) is 0 Å². The van der Waals surface area contributed by atoms with Gasteiger partial charge in [0, 0.05) is 56.7 Å². The van der Waals surface area contributed by atoms with E-state index < -0.39 is 0 Å². The first-order valence-corrected chi connectivity index (χ1v) is 21.1. The second-order valence-corrected chi connectivity index (χ2v) is 16.7. The third-order valence-corrected chi connectivity index (χ3v) is 13.5. The van der Waals surface area contributed by atoms with E-state index in [2.05, 4.69) is 167 Å². The van der Waals surface area contributed by atoms with Crippen LogP contribution in [-0.2, 0) is 0 Å². The lowest BCUT2D eigenvalue weighted by molar-refractivity contribution is 0.463. The molecule has 0 amide bonds. The Balaban J connectivity index is 0.988. The molecule has 0 unspecified atom stereocenters. The van der Waals surface area contributed by atoms with Gasteiger partial charge in [-0.1, -0.05) is 109 Å². The van der Waals surface area contributed by atoms with Crippen molar-refractivity contribution < 1.29 is 18.9 Å². The second-order valence-electron chi connectivity index (χ2n) is 16.7. The molecule has 0 radical (unpaired) electrons. The summed E-state index contributed by atoms with van der Waals surface area (Å²) in [5.74, 6) is 6.70. The summed E-state index contributed by atoms with van der Waals surface area (Å²) < 4.78 is 31.9. The molecule has 8 heteroatoms. The van der Waals surface area contributed by atoms with Crippen molar-refractivity contribution in [2.75, 3.05) is 0 Å². The van der Waals surface area contributed by atoms with Gasteiger partial charge in [0.1, 0.15) is 46.0 Å². The van der Waals surface area contributed by atoms with Crippen molar-refractivity contribution in [1.29, 1.82) is 0 Å². The van der Waals surface area contributed by atoms with E-state index in [0.29, 0.717) is 0 Å². The summed E-state index contributed by atoms with van der Waals surface area (Å²) in [6.07, 6.45) is 0. The summed E-state index contributed by atoms with van der Waals surface area (Å²) in [6.45, 7) is 0.00829. The number of benzene rings is 9. The highest BCUT2D eigenvalue weighted by Gasteiger charge is 2.42. The number of hydrogen-bond acceptors (Lipinski definition) is 4. The molecular weight excluding hydrogens is 762 g/mol. The molecule has 0 bridgehead atoms. The fraction of sp³-hybridized carbons (Fsp3) is 0. The van der Waals surface area contributed by atoms with Crippen molar-refractivity contribution in [3.8, 4) is 57.4 Å². The van der Waals surface area contributed by atoms with E-state index in [9.17, 15) is 0 Å². The molecule has 0 atom stereocenters. The lowest BCUT2D eigenvalue weighted by Crippen LogP contribution is -2.57. The van der Waals surface area contributed by atoms with Crippen LogP contribution in [0.1, 0.15) is 0 Å². The smallest absolute Gasteiger partial charge is 0.260 e. The predicted octanol–water partition coefficient (Wildman–Crippen LogP) is 9.34. The van der Waals surface area contributed by atoms with Gasteiger partial charge in [-0.2, -0.15) is 0 Å². The minimum absolute atomic E-state index is 0.00415. The van der Waals surface area contributed by atoms with Gasteiger partial charge >= 0.3 is 0 Å². The molecule has 0 fully saturated rings. The van der Waals surface area contributed by atoms with Gasteiger partial charge in [-0.3, -0.25) is 0 Å². The van der Waals surface area contributed by atoms with Gasteiger partial charge in [-0.15, -0.1) is 0 Å². The average molecular weight is 792 g/mol. The number of ether oxygens (including phenoxy) is 4. The molecular formula is C54H30B2N2O4. The highest BCUT2D eigenvalue weighted by Crippen LogP contribution is 2.44. The van der Waals surface area contributed by atoms with Gasteiger partial charge in [0.25, 0.3) is 13.4 Å². The van der Waals surface area contributed by atoms with Crippen LogP contribution in [0, 0.1) is 0 Å². The molecule has 286 valence electrons. The van der Waals surface area contributed by atoms with Crippen molar-refractivity contribution in [3.63, 3.8) is 0 Å². The standard InChI is InChI=1S/C54H30B2N2O4/c1-7-19-41-33(13-1)35-29-36-34-14-2-8-20-42(34)58(32-27-51-54-52(28-32)62-48-24-12-6-18-40(48)56(54)39-17-5-11-23-47(39)61-51)44(36)30-43(35)57(41)31-25-49-53-50(26-31)60-46-22-10-4-16-38(46)55(53)37-15-3-9-21-45(37)59-49/h1-30H. The lowest BCUT2D eigenvalue weighted by atomic mass is 9.35. The Morgan fingerprint density at radius 2 is 0.597 bits per heavy atom. The van der Waals surface area contributed by atoms with E-state index in [1.54, 1.807) is 0 Å². The molecule has 4 aliphatic heterocycles. The van der Waals surface area contributed by atoms with Crippen LogP contribution in [-0.4, -0.2) is 22.6 Å². The Bertz CT molecular complexity index is 3430. The average Bonchev–Trinajstić information content (AvgIpc) is 3.82. The number of hydrogen-bond donors (Lipinski definition) is 0. The summed E-state index contributed by atoms with van der Waals surface area (Å²) >= 11 is 0. The van der Waals surface area contributed by atoms with E-state index in [-0.39, 0.29) is 13.4 Å². The zero-order chi connectivity index (χ0) is 40.2. The van der Waals surface area contributed by atoms with Crippen LogP contribution in [0.15, 0.2) is 182 Å². The van der Waals surface area contributed by atoms with Gasteiger partial charge in [-0.05, 0) is 70.4 Å². The van der Waals surface area contributed by atoms with Crippen molar-refractivity contribution in [2.45, 2.75) is 0 Å². The molecule has 11 aromatic rings. The zero-order valence-corrected chi connectivity index (χ0v) is 33.0. The third kappa shape index (κ3) is 4.25. The van der Waals surface area contributed by atoms with E-state index in [1.165, 1.54) is 21.5 Å². The maximum Gasteiger partial charge on any atom is 0.260 e. The normalized spacial score (nSPS) is 13.6. The lowest BCUT2D eigenvalue weighted by Gasteiger charge is -2.33. The van der Waals surface area contributed by atoms with Crippen molar-refractivity contribution >= 4 is 89.8 Å². The number of para-hydroxylation sites is 6. The quantitative estimate of drug-likeness (QED) is 0.164. The fourth-order valence-electron chi connectivity index (χ4n) is 11.0. The molecule has 6 nitrogen and oxygen atoms in total. The van der Waals surface area contributed by atoms with Crippen LogP contribution in [0.5, 0.6) is 46.0 Å². The molecule has 62 heavy (non-hydrogen) atoms. The van der Waals surface area contributed by atoms with E-state index in [1.807, 2.05) is 24.3 Å². The zero-order valence-electron chi connectivity index (χ0n) is 33.0.